The summed E-state index contributed by atoms with van der Waals surface area (Å²) in [4.78, 5) is 2.60. The molecule has 1 N–H and O–H groups in total. The summed E-state index contributed by atoms with van der Waals surface area (Å²) in [5, 5.41) is 3.84. The van der Waals surface area contributed by atoms with E-state index in [2.05, 4.69) is 41.4 Å². The maximum atomic E-state index is 5.50. The molecular weight excluding hydrogens is 248 g/mol. The fourth-order valence-electron chi connectivity index (χ4n) is 3.59. The molecule has 3 heterocycles. The van der Waals surface area contributed by atoms with Gasteiger partial charge in [0.2, 0.25) is 0 Å². The van der Waals surface area contributed by atoms with Crippen LogP contribution in [-0.2, 0) is 0 Å². The Morgan fingerprint density at radius 1 is 1.25 bits per heavy atom. The van der Waals surface area contributed by atoms with Crippen molar-refractivity contribution in [1.82, 2.24) is 10.2 Å². The van der Waals surface area contributed by atoms with Crippen molar-refractivity contribution < 1.29 is 4.74 Å². The number of hydrogen-bond donors (Lipinski definition) is 1. The molecule has 3 heteroatoms. The van der Waals surface area contributed by atoms with Gasteiger partial charge in [0.1, 0.15) is 5.75 Å². The summed E-state index contributed by atoms with van der Waals surface area (Å²) in [5.41, 5.74) is 1.35. The molecule has 0 aliphatic carbocycles. The Balaban J connectivity index is 1.59. The molecule has 0 amide bonds. The van der Waals surface area contributed by atoms with E-state index in [1.165, 1.54) is 38.0 Å². The second-order valence-electron chi connectivity index (χ2n) is 6.13. The van der Waals surface area contributed by atoms with Crippen LogP contribution in [0, 0.1) is 5.92 Å². The molecule has 1 aromatic rings. The van der Waals surface area contributed by atoms with Gasteiger partial charge in [-0.3, -0.25) is 0 Å². The quantitative estimate of drug-likeness (QED) is 0.893. The van der Waals surface area contributed by atoms with E-state index in [-0.39, 0.29) is 0 Å². The van der Waals surface area contributed by atoms with Gasteiger partial charge in [0.05, 0.1) is 6.61 Å². The lowest BCUT2D eigenvalue weighted by Crippen LogP contribution is -2.56. The highest BCUT2D eigenvalue weighted by atomic mass is 16.5. The normalized spacial score (nSPS) is 30.2. The van der Waals surface area contributed by atoms with Crippen molar-refractivity contribution in [3.8, 4) is 5.75 Å². The predicted octanol–water partition coefficient (Wildman–Crippen LogP) is 2.83. The highest BCUT2D eigenvalue weighted by molar-refractivity contribution is 5.29. The number of rotatable bonds is 5. The van der Waals surface area contributed by atoms with Crippen molar-refractivity contribution in [2.45, 2.75) is 38.8 Å². The zero-order valence-corrected chi connectivity index (χ0v) is 12.6. The fraction of sp³-hybridized carbons (Fsp3) is 0.647. The number of piperidine rings is 3. The number of hydrogen-bond acceptors (Lipinski definition) is 3. The van der Waals surface area contributed by atoms with Crippen LogP contribution in [0.1, 0.15) is 38.3 Å². The summed E-state index contributed by atoms with van der Waals surface area (Å²) in [5.74, 6) is 1.84. The van der Waals surface area contributed by atoms with Gasteiger partial charge in [0, 0.05) is 18.6 Å². The predicted molar refractivity (Wildman–Crippen MR) is 82.1 cm³/mol. The molecule has 3 saturated heterocycles. The molecule has 20 heavy (non-hydrogen) atoms. The third-order valence-electron chi connectivity index (χ3n) is 4.81. The summed E-state index contributed by atoms with van der Waals surface area (Å²) in [6.07, 6.45) is 2.74. The van der Waals surface area contributed by atoms with Gasteiger partial charge in [0.25, 0.3) is 0 Å². The minimum absolute atomic E-state index is 0.413. The number of benzene rings is 1. The van der Waals surface area contributed by atoms with Crippen LogP contribution >= 0.6 is 0 Å². The van der Waals surface area contributed by atoms with Gasteiger partial charge in [-0.2, -0.15) is 0 Å². The van der Waals surface area contributed by atoms with Crippen LogP contribution in [0.5, 0.6) is 5.75 Å². The van der Waals surface area contributed by atoms with Gasteiger partial charge in [-0.15, -0.1) is 0 Å². The van der Waals surface area contributed by atoms with Crippen molar-refractivity contribution in [3.05, 3.63) is 29.8 Å². The Bertz CT molecular complexity index is 423. The Kier molecular flexibility index (Phi) is 4.27. The van der Waals surface area contributed by atoms with Gasteiger partial charge in [-0.25, -0.2) is 0 Å². The van der Waals surface area contributed by atoms with E-state index in [9.17, 15) is 0 Å². The average molecular weight is 274 g/mol. The molecule has 3 aliphatic rings. The molecule has 3 fully saturated rings. The van der Waals surface area contributed by atoms with Crippen molar-refractivity contribution in [1.29, 1.82) is 0 Å². The molecule has 3 nitrogen and oxygen atoms in total. The molecule has 2 unspecified atom stereocenters. The average Bonchev–Trinajstić information content (AvgIpc) is 2.49. The maximum absolute atomic E-state index is 5.50. The third-order valence-corrected chi connectivity index (χ3v) is 4.81. The highest BCUT2D eigenvalue weighted by Crippen LogP contribution is 2.29. The first kappa shape index (κ1) is 13.9. The van der Waals surface area contributed by atoms with E-state index < -0.39 is 0 Å². The summed E-state index contributed by atoms with van der Waals surface area (Å²) in [6.45, 7) is 8.86. The SMILES string of the molecule is CCOc1ccc(C(C)NC2CN3CCC2CC3)cc1. The number of ether oxygens (including phenoxy) is 1. The van der Waals surface area contributed by atoms with Crippen molar-refractivity contribution in [2.24, 2.45) is 5.92 Å². The van der Waals surface area contributed by atoms with Gasteiger partial charge >= 0.3 is 0 Å². The minimum Gasteiger partial charge on any atom is -0.494 e. The third kappa shape index (κ3) is 2.99. The van der Waals surface area contributed by atoms with E-state index >= 15 is 0 Å². The van der Waals surface area contributed by atoms with Gasteiger partial charge in [-0.05, 0) is 63.4 Å². The lowest BCUT2D eigenvalue weighted by Gasteiger charge is -2.46. The van der Waals surface area contributed by atoms with Crippen molar-refractivity contribution in [3.63, 3.8) is 0 Å². The minimum atomic E-state index is 0.413. The van der Waals surface area contributed by atoms with Crippen LogP contribution in [0.2, 0.25) is 0 Å². The Labute approximate surface area is 122 Å². The van der Waals surface area contributed by atoms with Crippen molar-refractivity contribution >= 4 is 0 Å². The first-order valence-electron chi connectivity index (χ1n) is 7.97. The van der Waals surface area contributed by atoms with E-state index in [4.69, 9.17) is 4.74 Å². The van der Waals surface area contributed by atoms with Gasteiger partial charge in [-0.1, -0.05) is 12.1 Å². The lowest BCUT2D eigenvalue weighted by atomic mass is 9.83. The summed E-state index contributed by atoms with van der Waals surface area (Å²) >= 11 is 0. The smallest absolute Gasteiger partial charge is 0.119 e. The molecular formula is C17H26N2O. The fourth-order valence-corrected chi connectivity index (χ4v) is 3.59. The van der Waals surface area contributed by atoms with Crippen LogP contribution < -0.4 is 10.1 Å². The standard InChI is InChI=1S/C17H26N2O/c1-3-20-16-6-4-14(5-7-16)13(2)18-17-12-19-10-8-15(17)9-11-19/h4-7,13,15,17-18H,3,8-12H2,1-2H3. The molecule has 0 radical (unpaired) electrons. The molecule has 0 spiro atoms. The van der Waals surface area contributed by atoms with Crippen LogP contribution in [0.4, 0.5) is 0 Å². The number of nitrogens with one attached hydrogen (secondary N) is 1. The molecule has 2 bridgehead atoms. The molecule has 2 atom stereocenters. The molecule has 0 saturated carbocycles. The summed E-state index contributed by atoms with van der Waals surface area (Å²) < 4.78 is 5.50. The van der Waals surface area contributed by atoms with E-state index in [1.54, 1.807) is 0 Å². The Hall–Kier alpha value is -1.06. The second kappa shape index (κ2) is 6.15. The van der Waals surface area contributed by atoms with Crippen LogP contribution in [0.25, 0.3) is 0 Å². The topological polar surface area (TPSA) is 24.5 Å². The highest BCUT2D eigenvalue weighted by Gasteiger charge is 2.34. The largest absolute Gasteiger partial charge is 0.494 e. The first-order chi connectivity index (χ1) is 9.76. The summed E-state index contributed by atoms with van der Waals surface area (Å²) in [7, 11) is 0. The second-order valence-corrected chi connectivity index (χ2v) is 6.13. The Morgan fingerprint density at radius 3 is 2.50 bits per heavy atom. The first-order valence-corrected chi connectivity index (χ1v) is 7.97. The van der Waals surface area contributed by atoms with Crippen LogP contribution in [0.15, 0.2) is 24.3 Å². The molecule has 110 valence electrons. The molecule has 0 aromatic heterocycles. The van der Waals surface area contributed by atoms with Crippen LogP contribution in [-0.4, -0.2) is 37.2 Å². The molecule has 4 rings (SSSR count). The maximum Gasteiger partial charge on any atom is 0.119 e. The van der Waals surface area contributed by atoms with Gasteiger partial charge in [0.15, 0.2) is 0 Å². The number of nitrogens with zero attached hydrogens (tertiary/aromatic N) is 1. The molecule has 3 aliphatic heterocycles. The Morgan fingerprint density at radius 2 is 1.95 bits per heavy atom. The molecule has 1 aromatic carbocycles. The van der Waals surface area contributed by atoms with E-state index in [0.29, 0.717) is 12.1 Å². The monoisotopic (exact) mass is 274 g/mol. The van der Waals surface area contributed by atoms with E-state index in [1.807, 2.05) is 6.92 Å². The van der Waals surface area contributed by atoms with Crippen LogP contribution in [0.3, 0.4) is 0 Å². The lowest BCUT2D eigenvalue weighted by molar-refractivity contribution is 0.0680. The zero-order valence-electron chi connectivity index (χ0n) is 12.6. The summed E-state index contributed by atoms with van der Waals surface area (Å²) in [6, 6.07) is 9.60. The number of fused-ring (bicyclic) bond motifs is 3. The van der Waals surface area contributed by atoms with E-state index in [0.717, 1.165) is 18.3 Å². The zero-order chi connectivity index (χ0) is 13.9. The van der Waals surface area contributed by atoms with Gasteiger partial charge < -0.3 is 15.0 Å². The van der Waals surface area contributed by atoms with Crippen molar-refractivity contribution in [2.75, 3.05) is 26.2 Å².